The molecule has 0 aliphatic heterocycles. The molecular weight excluding hydrogens is 276 g/mol. The molecule has 2 rings (SSSR count). The van der Waals surface area contributed by atoms with Crippen molar-refractivity contribution in [3.05, 3.63) is 33.9 Å². The maximum absolute atomic E-state index is 10.9. The largest absolute Gasteiger partial charge is 0.478 e. The topological polar surface area (TPSA) is 102 Å². The van der Waals surface area contributed by atoms with Gasteiger partial charge in [0.05, 0.1) is 23.2 Å². The van der Waals surface area contributed by atoms with Gasteiger partial charge in [0.25, 0.3) is 5.69 Å². The molecule has 0 saturated heterocycles. The zero-order valence-electron chi connectivity index (χ0n) is 11.6. The fourth-order valence-electron chi connectivity index (χ4n) is 2.44. The molecule has 1 aromatic carbocycles. The van der Waals surface area contributed by atoms with Gasteiger partial charge >= 0.3 is 5.97 Å². The smallest absolute Gasteiger partial charge is 0.335 e. The average Bonchev–Trinajstić information content (AvgIpc) is 2.96. The highest BCUT2D eigenvalue weighted by molar-refractivity contribution is 5.90. The van der Waals surface area contributed by atoms with E-state index in [1.54, 1.807) is 0 Å². The number of benzene rings is 1. The molecule has 1 aromatic rings. The molecular formula is C14H18N2O5. The normalized spacial score (nSPS) is 15.0. The molecule has 2 N–H and O–H groups in total. The monoisotopic (exact) mass is 294 g/mol. The van der Waals surface area contributed by atoms with E-state index < -0.39 is 10.9 Å². The number of anilines is 1. The number of carbonyl (C=O) groups is 1. The number of nitrogens with one attached hydrogen (secondary N) is 1. The number of aromatic carboxylic acids is 1. The lowest BCUT2D eigenvalue weighted by molar-refractivity contribution is -0.384. The van der Waals surface area contributed by atoms with E-state index in [1.165, 1.54) is 31.0 Å². The van der Waals surface area contributed by atoms with Crippen LogP contribution in [0.4, 0.5) is 11.4 Å². The van der Waals surface area contributed by atoms with Crippen molar-refractivity contribution in [2.24, 2.45) is 0 Å². The van der Waals surface area contributed by atoms with Gasteiger partial charge in [-0.05, 0) is 25.0 Å². The van der Waals surface area contributed by atoms with E-state index in [2.05, 4.69) is 5.32 Å². The lowest BCUT2D eigenvalue weighted by Gasteiger charge is -2.12. The van der Waals surface area contributed by atoms with E-state index in [4.69, 9.17) is 9.84 Å². The highest BCUT2D eigenvalue weighted by atomic mass is 16.6. The molecule has 1 aliphatic rings. The zero-order valence-corrected chi connectivity index (χ0v) is 11.6. The van der Waals surface area contributed by atoms with Gasteiger partial charge in [-0.15, -0.1) is 0 Å². The van der Waals surface area contributed by atoms with E-state index in [1.807, 2.05) is 0 Å². The molecule has 0 spiro atoms. The minimum atomic E-state index is -1.12. The van der Waals surface area contributed by atoms with Crippen LogP contribution < -0.4 is 5.32 Å². The first-order valence-corrected chi connectivity index (χ1v) is 6.95. The predicted octanol–water partition coefficient (Wildman–Crippen LogP) is 2.66. The highest BCUT2D eigenvalue weighted by Crippen LogP contribution is 2.25. The van der Waals surface area contributed by atoms with Gasteiger partial charge in [-0.25, -0.2) is 4.79 Å². The molecule has 0 aromatic heterocycles. The summed E-state index contributed by atoms with van der Waals surface area (Å²) in [5.41, 5.74) is 0.0793. The molecule has 0 amide bonds. The van der Waals surface area contributed by atoms with Gasteiger partial charge in [-0.3, -0.25) is 10.1 Å². The van der Waals surface area contributed by atoms with Crippen LogP contribution in [-0.2, 0) is 4.74 Å². The Hall–Kier alpha value is -2.15. The van der Waals surface area contributed by atoms with Crippen LogP contribution in [0.3, 0.4) is 0 Å². The summed E-state index contributed by atoms with van der Waals surface area (Å²) in [7, 11) is 0. The van der Waals surface area contributed by atoms with Gasteiger partial charge < -0.3 is 15.2 Å². The molecule has 0 unspecified atom stereocenters. The number of ether oxygens (including phenoxy) is 1. The molecule has 7 heteroatoms. The zero-order chi connectivity index (χ0) is 15.2. The number of rotatable bonds is 7. The maximum Gasteiger partial charge on any atom is 0.335 e. The van der Waals surface area contributed by atoms with E-state index in [0.717, 1.165) is 12.8 Å². The number of nitro benzene ring substituents is 1. The molecule has 0 bridgehead atoms. The van der Waals surface area contributed by atoms with Crippen LogP contribution in [0, 0.1) is 10.1 Å². The third kappa shape index (κ3) is 4.16. The Labute approximate surface area is 122 Å². The van der Waals surface area contributed by atoms with Gasteiger partial charge in [0.15, 0.2) is 0 Å². The Morgan fingerprint density at radius 1 is 1.43 bits per heavy atom. The lowest BCUT2D eigenvalue weighted by atomic mass is 10.1. The lowest BCUT2D eigenvalue weighted by Crippen LogP contribution is -2.16. The van der Waals surface area contributed by atoms with Crippen molar-refractivity contribution in [1.82, 2.24) is 0 Å². The number of hydrogen-bond donors (Lipinski definition) is 2. The number of nitro groups is 1. The van der Waals surface area contributed by atoms with Crippen LogP contribution >= 0.6 is 0 Å². The molecule has 0 heterocycles. The fourth-order valence-corrected chi connectivity index (χ4v) is 2.44. The summed E-state index contributed by atoms with van der Waals surface area (Å²) in [5.74, 6) is -1.12. The summed E-state index contributed by atoms with van der Waals surface area (Å²) < 4.78 is 5.65. The van der Waals surface area contributed by atoms with Gasteiger partial charge in [-0.2, -0.15) is 0 Å². The summed E-state index contributed by atoms with van der Waals surface area (Å²) in [6.07, 6.45) is 4.78. The van der Waals surface area contributed by atoms with E-state index in [-0.39, 0.29) is 23.0 Å². The number of carboxylic acids is 1. The van der Waals surface area contributed by atoms with E-state index in [0.29, 0.717) is 13.2 Å². The summed E-state index contributed by atoms with van der Waals surface area (Å²) in [4.78, 5) is 21.3. The van der Waals surface area contributed by atoms with Gasteiger partial charge in [0.1, 0.15) is 5.69 Å². The van der Waals surface area contributed by atoms with Gasteiger partial charge in [0, 0.05) is 12.6 Å². The first-order valence-electron chi connectivity index (χ1n) is 6.95. The van der Waals surface area contributed by atoms with Crippen molar-refractivity contribution >= 4 is 17.3 Å². The quantitative estimate of drug-likeness (QED) is 0.455. The Bertz CT molecular complexity index is 526. The van der Waals surface area contributed by atoms with Crippen molar-refractivity contribution in [2.75, 3.05) is 18.5 Å². The maximum atomic E-state index is 10.9. The minimum Gasteiger partial charge on any atom is -0.478 e. The SMILES string of the molecule is O=C(O)c1ccc([N+](=O)[O-])c(NCCOC2CCCC2)c1. The third-order valence-corrected chi connectivity index (χ3v) is 3.51. The first kappa shape index (κ1) is 15.2. The molecule has 1 fully saturated rings. The molecule has 7 nitrogen and oxygen atoms in total. The van der Waals surface area contributed by atoms with E-state index >= 15 is 0 Å². The second-order valence-electron chi connectivity index (χ2n) is 5.00. The Balaban J connectivity index is 1.94. The Morgan fingerprint density at radius 3 is 2.76 bits per heavy atom. The third-order valence-electron chi connectivity index (χ3n) is 3.51. The second-order valence-corrected chi connectivity index (χ2v) is 5.00. The standard InChI is InChI=1S/C14H18N2O5/c17-14(18)10-5-6-13(16(19)20)12(9-10)15-7-8-21-11-3-1-2-4-11/h5-6,9,11,15H,1-4,7-8H2,(H,17,18). The first-order chi connectivity index (χ1) is 10.1. The van der Waals surface area contributed by atoms with Crippen LogP contribution in [-0.4, -0.2) is 35.3 Å². The highest BCUT2D eigenvalue weighted by Gasteiger charge is 2.17. The molecule has 0 radical (unpaired) electrons. The molecule has 114 valence electrons. The Kier molecular flexibility index (Phi) is 5.10. The summed E-state index contributed by atoms with van der Waals surface area (Å²) in [6, 6.07) is 3.69. The van der Waals surface area contributed by atoms with Crippen molar-refractivity contribution in [1.29, 1.82) is 0 Å². The summed E-state index contributed by atoms with van der Waals surface area (Å²) in [6.45, 7) is 0.847. The fraction of sp³-hybridized carbons (Fsp3) is 0.500. The van der Waals surface area contributed by atoms with Crippen LogP contribution in [0.25, 0.3) is 0 Å². The summed E-state index contributed by atoms with van der Waals surface area (Å²) >= 11 is 0. The van der Waals surface area contributed by atoms with Crippen LogP contribution in [0.1, 0.15) is 36.0 Å². The van der Waals surface area contributed by atoms with Crippen molar-refractivity contribution < 1.29 is 19.6 Å². The van der Waals surface area contributed by atoms with Gasteiger partial charge in [-0.1, -0.05) is 12.8 Å². The molecule has 21 heavy (non-hydrogen) atoms. The van der Waals surface area contributed by atoms with Crippen molar-refractivity contribution in [3.63, 3.8) is 0 Å². The van der Waals surface area contributed by atoms with Crippen LogP contribution in [0.15, 0.2) is 18.2 Å². The van der Waals surface area contributed by atoms with Crippen LogP contribution in [0.5, 0.6) is 0 Å². The Morgan fingerprint density at radius 2 is 2.14 bits per heavy atom. The van der Waals surface area contributed by atoms with E-state index in [9.17, 15) is 14.9 Å². The second kappa shape index (κ2) is 7.03. The van der Waals surface area contributed by atoms with Crippen molar-refractivity contribution in [3.8, 4) is 0 Å². The molecule has 0 atom stereocenters. The minimum absolute atomic E-state index is 0.0137. The average molecular weight is 294 g/mol. The number of carboxylic acid groups (broad SMARTS) is 1. The number of nitrogens with zero attached hydrogens (tertiary/aromatic N) is 1. The van der Waals surface area contributed by atoms with Gasteiger partial charge in [0.2, 0.25) is 0 Å². The number of hydrogen-bond acceptors (Lipinski definition) is 5. The molecule has 1 aliphatic carbocycles. The van der Waals surface area contributed by atoms with Crippen molar-refractivity contribution in [2.45, 2.75) is 31.8 Å². The molecule has 1 saturated carbocycles. The summed E-state index contributed by atoms with van der Waals surface area (Å²) in [5, 5.41) is 22.7. The predicted molar refractivity (Wildman–Crippen MR) is 76.8 cm³/mol. The van der Waals surface area contributed by atoms with Crippen LogP contribution in [0.2, 0.25) is 0 Å².